The summed E-state index contributed by atoms with van der Waals surface area (Å²) in [6.45, 7) is 6.33. The van der Waals surface area contributed by atoms with Crippen LogP contribution >= 0.6 is 11.6 Å². The van der Waals surface area contributed by atoms with Gasteiger partial charge in [0.25, 0.3) is 0 Å². The van der Waals surface area contributed by atoms with Gasteiger partial charge in [0.2, 0.25) is 0 Å². The van der Waals surface area contributed by atoms with Crippen LogP contribution in [-0.4, -0.2) is 45.8 Å². The molecule has 3 rings (SSSR count). The summed E-state index contributed by atoms with van der Waals surface area (Å²) in [5.74, 6) is 0.218. The van der Waals surface area contributed by atoms with Crippen molar-refractivity contribution in [2.24, 2.45) is 0 Å². The number of esters is 1. The van der Waals surface area contributed by atoms with Gasteiger partial charge in [-0.2, -0.15) is 0 Å². The molecule has 0 unspecified atom stereocenters. The molecule has 1 aliphatic heterocycles. The van der Waals surface area contributed by atoms with Crippen molar-refractivity contribution >= 4 is 23.7 Å². The van der Waals surface area contributed by atoms with Gasteiger partial charge in [-0.05, 0) is 32.9 Å². The summed E-state index contributed by atoms with van der Waals surface area (Å²) >= 11 is 6.36. The number of methoxy groups -OCH3 is 1. The van der Waals surface area contributed by atoms with E-state index in [1.165, 1.54) is 7.11 Å². The molecule has 2 aromatic rings. The van der Waals surface area contributed by atoms with Gasteiger partial charge >= 0.3 is 12.1 Å². The maximum absolute atomic E-state index is 12.4. The van der Waals surface area contributed by atoms with E-state index >= 15 is 0 Å². The third kappa shape index (κ3) is 4.30. The summed E-state index contributed by atoms with van der Waals surface area (Å²) in [5, 5.41) is 0.542. The highest BCUT2D eigenvalue weighted by molar-refractivity contribution is 6.33. The number of benzene rings is 1. The van der Waals surface area contributed by atoms with E-state index in [1.54, 1.807) is 11.0 Å². The van der Waals surface area contributed by atoms with Gasteiger partial charge in [-0.1, -0.05) is 23.7 Å². The molecule has 0 bridgehead atoms. The number of rotatable bonds is 3. The Bertz CT molecular complexity index is 901. The molecule has 8 heteroatoms. The van der Waals surface area contributed by atoms with E-state index in [4.69, 9.17) is 26.1 Å². The second-order valence-corrected chi connectivity index (χ2v) is 8.03. The van der Waals surface area contributed by atoms with E-state index < -0.39 is 5.60 Å². The van der Waals surface area contributed by atoms with Crippen LogP contribution in [0.5, 0.6) is 0 Å². The number of halogens is 1. The van der Waals surface area contributed by atoms with Crippen LogP contribution < -0.4 is 0 Å². The Morgan fingerprint density at radius 2 is 1.96 bits per heavy atom. The van der Waals surface area contributed by atoms with Crippen LogP contribution in [0.4, 0.5) is 4.79 Å². The Kier molecular flexibility index (Phi) is 5.65. The Balaban J connectivity index is 1.97. The van der Waals surface area contributed by atoms with Gasteiger partial charge in [-0.25, -0.2) is 9.78 Å². The number of nitrogens with zero attached hydrogens (tertiary/aromatic N) is 3. The minimum atomic E-state index is -0.565. The maximum atomic E-state index is 12.4. The number of hydrogen-bond acceptors (Lipinski definition) is 5. The number of fused-ring (bicyclic) bond motifs is 1. The monoisotopic (exact) mass is 405 g/mol. The van der Waals surface area contributed by atoms with Crippen molar-refractivity contribution in [2.45, 2.75) is 45.9 Å². The minimum absolute atomic E-state index is 0.0336. The molecule has 0 spiro atoms. The highest BCUT2D eigenvalue weighted by Crippen LogP contribution is 2.31. The second-order valence-electron chi connectivity index (χ2n) is 7.62. The maximum Gasteiger partial charge on any atom is 0.410 e. The van der Waals surface area contributed by atoms with Gasteiger partial charge in [-0.15, -0.1) is 0 Å². The minimum Gasteiger partial charge on any atom is -0.468 e. The Morgan fingerprint density at radius 3 is 2.61 bits per heavy atom. The molecule has 0 saturated carbocycles. The molecule has 0 fully saturated rings. The standard InChI is InChI=1S/C20H24ClN3O4/c1-20(2,3)28-19(26)23-10-9-16-15(11-23)22-18(24(16)12-17(25)27-4)13-7-5-6-8-14(13)21/h5-8H,9-12H2,1-4H3. The predicted octanol–water partition coefficient (Wildman–Crippen LogP) is 3.67. The number of ether oxygens (including phenoxy) is 2. The van der Waals surface area contributed by atoms with Crippen molar-refractivity contribution in [1.29, 1.82) is 0 Å². The summed E-state index contributed by atoms with van der Waals surface area (Å²) in [7, 11) is 1.35. The van der Waals surface area contributed by atoms with Crippen molar-refractivity contribution < 1.29 is 19.1 Å². The molecular formula is C20H24ClN3O4. The number of hydrogen-bond donors (Lipinski definition) is 0. The summed E-state index contributed by atoms with van der Waals surface area (Å²) in [6, 6.07) is 7.34. The smallest absolute Gasteiger partial charge is 0.410 e. The van der Waals surface area contributed by atoms with Crippen LogP contribution in [0.1, 0.15) is 32.2 Å². The Hall–Kier alpha value is -2.54. The van der Waals surface area contributed by atoms with E-state index in [9.17, 15) is 9.59 Å². The van der Waals surface area contributed by atoms with Gasteiger partial charge < -0.3 is 18.9 Å². The molecule has 0 saturated heterocycles. The van der Waals surface area contributed by atoms with Gasteiger partial charge in [-0.3, -0.25) is 4.79 Å². The fraction of sp³-hybridized carbons (Fsp3) is 0.450. The zero-order chi connectivity index (χ0) is 20.5. The van der Waals surface area contributed by atoms with E-state index in [-0.39, 0.29) is 18.6 Å². The molecule has 1 amide bonds. The molecule has 1 aromatic heterocycles. The van der Waals surface area contributed by atoms with Crippen molar-refractivity contribution in [2.75, 3.05) is 13.7 Å². The molecule has 7 nitrogen and oxygen atoms in total. The lowest BCUT2D eigenvalue weighted by Crippen LogP contribution is -2.40. The topological polar surface area (TPSA) is 73.7 Å². The molecule has 150 valence electrons. The number of carbonyl (C=O) groups is 2. The molecule has 0 radical (unpaired) electrons. The zero-order valence-corrected chi connectivity index (χ0v) is 17.2. The number of carbonyl (C=O) groups excluding carboxylic acids is 2. The lowest BCUT2D eigenvalue weighted by Gasteiger charge is -2.29. The lowest BCUT2D eigenvalue weighted by molar-refractivity contribution is -0.141. The molecule has 1 aromatic carbocycles. The van der Waals surface area contributed by atoms with E-state index in [0.717, 1.165) is 17.0 Å². The predicted molar refractivity (Wildman–Crippen MR) is 105 cm³/mol. The molecule has 0 aliphatic carbocycles. The summed E-state index contributed by atoms with van der Waals surface area (Å²) in [4.78, 5) is 30.8. The molecule has 0 atom stereocenters. The molecule has 0 N–H and O–H groups in total. The van der Waals surface area contributed by atoms with Gasteiger partial charge in [0, 0.05) is 24.2 Å². The van der Waals surface area contributed by atoms with Crippen LogP contribution in [-0.2, 0) is 33.8 Å². The first kappa shape index (κ1) is 20.2. The van der Waals surface area contributed by atoms with Gasteiger partial charge in [0.05, 0.1) is 24.4 Å². The van der Waals surface area contributed by atoms with Crippen molar-refractivity contribution in [3.63, 3.8) is 0 Å². The Morgan fingerprint density at radius 1 is 1.25 bits per heavy atom. The van der Waals surface area contributed by atoms with Crippen LogP contribution in [0.25, 0.3) is 11.4 Å². The lowest BCUT2D eigenvalue weighted by atomic mass is 10.1. The summed E-state index contributed by atoms with van der Waals surface area (Å²) in [5.41, 5.74) is 1.80. The first-order valence-electron chi connectivity index (χ1n) is 9.07. The average molecular weight is 406 g/mol. The summed E-state index contributed by atoms with van der Waals surface area (Å²) < 4.78 is 12.1. The molecule has 28 heavy (non-hydrogen) atoms. The number of amides is 1. The van der Waals surface area contributed by atoms with Crippen LogP contribution in [0.3, 0.4) is 0 Å². The fourth-order valence-corrected chi connectivity index (χ4v) is 3.36. The number of imidazole rings is 1. The van der Waals surface area contributed by atoms with E-state index in [1.807, 2.05) is 43.5 Å². The van der Waals surface area contributed by atoms with Crippen LogP contribution in [0, 0.1) is 0 Å². The van der Waals surface area contributed by atoms with Gasteiger partial charge in [0.15, 0.2) is 0 Å². The normalized spacial score (nSPS) is 13.8. The van der Waals surface area contributed by atoms with Crippen molar-refractivity contribution in [1.82, 2.24) is 14.5 Å². The van der Waals surface area contributed by atoms with Gasteiger partial charge in [0.1, 0.15) is 18.0 Å². The summed E-state index contributed by atoms with van der Waals surface area (Å²) in [6.07, 6.45) is 0.184. The van der Waals surface area contributed by atoms with Crippen LogP contribution in [0.2, 0.25) is 5.02 Å². The largest absolute Gasteiger partial charge is 0.468 e. The van der Waals surface area contributed by atoms with Crippen molar-refractivity contribution in [3.8, 4) is 11.4 Å². The fourth-order valence-electron chi connectivity index (χ4n) is 3.14. The molecular weight excluding hydrogens is 382 g/mol. The zero-order valence-electron chi connectivity index (χ0n) is 16.5. The first-order chi connectivity index (χ1) is 13.2. The highest BCUT2D eigenvalue weighted by atomic mass is 35.5. The number of aromatic nitrogens is 2. The Labute approximate surface area is 169 Å². The highest BCUT2D eigenvalue weighted by Gasteiger charge is 2.30. The second kappa shape index (κ2) is 7.83. The molecule has 2 heterocycles. The average Bonchev–Trinajstić information content (AvgIpc) is 2.98. The first-order valence-corrected chi connectivity index (χ1v) is 9.45. The third-order valence-electron chi connectivity index (χ3n) is 4.40. The third-order valence-corrected chi connectivity index (χ3v) is 4.73. The SMILES string of the molecule is COC(=O)Cn1c(-c2ccccc2Cl)nc2c1CCN(C(=O)OC(C)(C)C)C2. The van der Waals surface area contributed by atoms with Crippen LogP contribution in [0.15, 0.2) is 24.3 Å². The van der Waals surface area contributed by atoms with E-state index in [2.05, 4.69) is 0 Å². The van der Waals surface area contributed by atoms with E-state index in [0.29, 0.717) is 30.4 Å². The quantitative estimate of drug-likeness (QED) is 0.728. The molecule has 1 aliphatic rings. The van der Waals surface area contributed by atoms with Crippen molar-refractivity contribution in [3.05, 3.63) is 40.7 Å².